The number of rotatable bonds is 10. The second-order valence-electron chi connectivity index (χ2n) is 9.26. The smallest absolute Gasteiger partial charge is 0.348 e. The Hall–Kier alpha value is -2.70. The third kappa shape index (κ3) is 6.47. The third-order valence-corrected chi connectivity index (χ3v) is 9.40. The van der Waals surface area contributed by atoms with Crippen LogP contribution in [0.2, 0.25) is 0 Å². The van der Waals surface area contributed by atoms with Crippen LogP contribution in [0.5, 0.6) is 0 Å². The van der Waals surface area contributed by atoms with Gasteiger partial charge in [0.05, 0.1) is 45.8 Å². The Kier molecular flexibility index (Phi) is 9.77. The zero-order chi connectivity index (χ0) is 28.2. The monoisotopic (exact) mass is 581 g/mol. The molecule has 0 radical (unpaired) electrons. The maximum atomic E-state index is 13.7. The number of anilines is 1. The molecule has 1 aliphatic carbocycles. The zero-order valence-electron chi connectivity index (χ0n) is 22.2. The van der Waals surface area contributed by atoms with Crippen LogP contribution in [-0.2, 0) is 25.4 Å². The topological polar surface area (TPSA) is 125 Å². The Morgan fingerprint density at radius 2 is 1.55 bits per heavy atom. The Morgan fingerprint density at radius 3 is 2.18 bits per heavy atom. The SMILES string of the molecule is CCOC(=O)CSc1sc(C(=O)OCC)c(C)c1C(=O)Nc1sc2c(c1C(=O)OCC)CC(C)(C)CC2=O. The number of hydrogen-bond donors (Lipinski definition) is 1. The number of ketones is 1. The standard InChI is InChI=1S/C26H31NO8S3/c1-7-33-16(29)12-36-25-17(13(4)19(38-25)24(32)35-9-3)21(30)27-22-18(23(31)34-8-2)14-10-26(5,6)11-15(28)20(14)37-22/h7-12H2,1-6H3,(H,27,30). The molecular weight excluding hydrogens is 550 g/mol. The van der Waals surface area contributed by atoms with Crippen molar-refractivity contribution in [2.24, 2.45) is 5.41 Å². The molecule has 1 amide bonds. The number of fused-ring (bicyclic) bond motifs is 1. The van der Waals surface area contributed by atoms with Crippen LogP contribution in [0.1, 0.15) is 92.2 Å². The van der Waals surface area contributed by atoms with Crippen molar-refractivity contribution in [3.63, 3.8) is 0 Å². The van der Waals surface area contributed by atoms with Crippen LogP contribution in [0.3, 0.4) is 0 Å². The van der Waals surface area contributed by atoms with Crippen molar-refractivity contribution in [2.75, 3.05) is 30.9 Å². The fourth-order valence-corrected chi connectivity index (χ4v) is 7.61. The fraction of sp³-hybridized carbons (Fsp3) is 0.500. The number of esters is 3. The number of amides is 1. The number of thioether (sulfide) groups is 1. The van der Waals surface area contributed by atoms with Crippen LogP contribution in [0.15, 0.2) is 4.21 Å². The van der Waals surface area contributed by atoms with Gasteiger partial charge < -0.3 is 19.5 Å². The first-order chi connectivity index (χ1) is 17.9. The average molecular weight is 582 g/mol. The van der Waals surface area contributed by atoms with Crippen LogP contribution in [-0.4, -0.2) is 55.2 Å². The first-order valence-electron chi connectivity index (χ1n) is 12.2. The number of hydrogen-bond acceptors (Lipinski definition) is 11. The number of nitrogens with one attached hydrogen (secondary N) is 1. The van der Waals surface area contributed by atoms with Crippen molar-refractivity contribution < 1.29 is 38.2 Å². The Balaban J connectivity index is 2.05. The van der Waals surface area contributed by atoms with E-state index in [1.807, 2.05) is 13.8 Å². The fourth-order valence-electron chi connectivity index (χ4n) is 4.16. The maximum absolute atomic E-state index is 13.7. The lowest BCUT2D eigenvalue weighted by atomic mass is 9.75. The van der Waals surface area contributed by atoms with E-state index in [-0.39, 0.29) is 57.8 Å². The minimum Gasteiger partial charge on any atom is -0.465 e. The van der Waals surface area contributed by atoms with Gasteiger partial charge in [-0.05, 0) is 50.7 Å². The molecule has 0 saturated heterocycles. The second kappa shape index (κ2) is 12.4. The van der Waals surface area contributed by atoms with Gasteiger partial charge >= 0.3 is 17.9 Å². The summed E-state index contributed by atoms with van der Waals surface area (Å²) in [6.07, 6.45) is 0.817. The van der Waals surface area contributed by atoms with Gasteiger partial charge in [0, 0.05) is 6.42 Å². The van der Waals surface area contributed by atoms with Crippen LogP contribution in [0.4, 0.5) is 5.00 Å². The predicted octanol–water partition coefficient (Wildman–Crippen LogP) is 5.53. The van der Waals surface area contributed by atoms with E-state index in [0.29, 0.717) is 33.1 Å². The molecular formula is C26H31NO8S3. The van der Waals surface area contributed by atoms with Crippen LogP contribution in [0, 0.1) is 12.3 Å². The van der Waals surface area contributed by atoms with Crippen molar-refractivity contribution in [1.29, 1.82) is 0 Å². The molecule has 0 atom stereocenters. The largest absolute Gasteiger partial charge is 0.465 e. The van der Waals surface area contributed by atoms with Gasteiger partial charge in [0.2, 0.25) is 0 Å². The number of carbonyl (C=O) groups is 5. The Bertz CT molecular complexity index is 1270. The van der Waals surface area contributed by atoms with E-state index >= 15 is 0 Å². The summed E-state index contributed by atoms with van der Waals surface area (Å²) in [6, 6.07) is 0. The molecule has 12 heteroatoms. The second-order valence-corrected chi connectivity index (χ2v) is 12.5. The summed E-state index contributed by atoms with van der Waals surface area (Å²) in [7, 11) is 0. The van der Waals surface area contributed by atoms with Crippen molar-refractivity contribution in [1.82, 2.24) is 0 Å². The van der Waals surface area contributed by atoms with Gasteiger partial charge in [0.1, 0.15) is 9.88 Å². The summed E-state index contributed by atoms with van der Waals surface area (Å²) in [5.74, 6) is -2.35. The van der Waals surface area contributed by atoms with Gasteiger partial charge in [-0.15, -0.1) is 34.4 Å². The molecule has 0 saturated carbocycles. The average Bonchev–Trinajstić information content (AvgIpc) is 3.34. The van der Waals surface area contributed by atoms with Gasteiger partial charge in [-0.2, -0.15) is 0 Å². The summed E-state index contributed by atoms with van der Waals surface area (Å²) >= 11 is 3.19. The van der Waals surface area contributed by atoms with Gasteiger partial charge in [-0.3, -0.25) is 14.4 Å². The number of carbonyl (C=O) groups excluding carboxylic acids is 5. The molecule has 0 fully saturated rings. The van der Waals surface area contributed by atoms with E-state index in [1.165, 1.54) is 0 Å². The van der Waals surface area contributed by atoms with Gasteiger partial charge in [-0.1, -0.05) is 13.8 Å². The molecule has 3 rings (SSSR count). The van der Waals surface area contributed by atoms with Crippen LogP contribution in [0.25, 0.3) is 0 Å². The van der Waals surface area contributed by atoms with E-state index in [1.54, 1.807) is 27.7 Å². The summed E-state index contributed by atoms with van der Waals surface area (Å²) in [6.45, 7) is 11.1. The molecule has 0 unspecified atom stereocenters. The van der Waals surface area contributed by atoms with Crippen LogP contribution >= 0.6 is 34.4 Å². The normalized spacial score (nSPS) is 14.0. The van der Waals surface area contributed by atoms with Crippen molar-refractivity contribution >= 4 is 69.0 Å². The lowest BCUT2D eigenvalue weighted by Gasteiger charge is -2.28. The number of Topliss-reactive ketones (excluding diaryl/α,β-unsaturated/α-hetero) is 1. The molecule has 0 spiro atoms. The molecule has 1 N–H and O–H groups in total. The molecule has 1 aliphatic rings. The maximum Gasteiger partial charge on any atom is 0.348 e. The zero-order valence-corrected chi connectivity index (χ0v) is 24.7. The molecule has 0 aliphatic heterocycles. The quantitative estimate of drug-likeness (QED) is 0.219. The minimum absolute atomic E-state index is 0.0543. The van der Waals surface area contributed by atoms with Crippen molar-refractivity contribution in [2.45, 2.75) is 58.6 Å². The summed E-state index contributed by atoms with van der Waals surface area (Å²) < 4.78 is 15.8. The highest BCUT2D eigenvalue weighted by atomic mass is 32.2. The molecule has 38 heavy (non-hydrogen) atoms. The lowest BCUT2D eigenvalue weighted by Crippen LogP contribution is -2.27. The number of ether oxygens (including phenoxy) is 3. The van der Waals surface area contributed by atoms with Gasteiger partial charge in [-0.25, -0.2) is 9.59 Å². The highest BCUT2D eigenvalue weighted by Crippen LogP contribution is 2.45. The molecule has 9 nitrogen and oxygen atoms in total. The third-order valence-electron chi connectivity index (χ3n) is 5.69. The minimum atomic E-state index is -0.614. The van der Waals surface area contributed by atoms with Crippen molar-refractivity contribution in [3.8, 4) is 0 Å². The van der Waals surface area contributed by atoms with E-state index < -0.39 is 23.8 Å². The molecule has 0 bridgehead atoms. The first-order valence-corrected chi connectivity index (χ1v) is 14.8. The predicted molar refractivity (Wildman–Crippen MR) is 147 cm³/mol. The number of thiophene rings is 2. The Morgan fingerprint density at radius 1 is 0.921 bits per heavy atom. The molecule has 0 aromatic carbocycles. The lowest BCUT2D eigenvalue weighted by molar-refractivity contribution is -0.139. The summed E-state index contributed by atoms with van der Waals surface area (Å²) in [5, 5.41) is 3.02. The van der Waals surface area contributed by atoms with Crippen LogP contribution < -0.4 is 5.32 Å². The van der Waals surface area contributed by atoms with E-state index in [2.05, 4.69) is 5.32 Å². The Labute approximate surface area is 233 Å². The molecule has 2 aromatic rings. The summed E-state index contributed by atoms with van der Waals surface area (Å²) in [5.41, 5.74) is 1.01. The summed E-state index contributed by atoms with van der Waals surface area (Å²) in [4.78, 5) is 64.8. The molecule has 2 heterocycles. The molecule has 206 valence electrons. The first kappa shape index (κ1) is 29.9. The highest BCUT2D eigenvalue weighted by Gasteiger charge is 2.38. The highest BCUT2D eigenvalue weighted by molar-refractivity contribution is 8.01. The van der Waals surface area contributed by atoms with E-state index in [4.69, 9.17) is 14.2 Å². The van der Waals surface area contributed by atoms with Gasteiger partial charge in [0.25, 0.3) is 5.91 Å². The van der Waals surface area contributed by atoms with E-state index in [0.717, 1.165) is 34.4 Å². The van der Waals surface area contributed by atoms with Crippen molar-refractivity contribution in [3.05, 3.63) is 32.0 Å². The molecule has 2 aromatic heterocycles. The van der Waals surface area contributed by atoms with Gasteiger partial charge in [0.15, 0.2) is 5.78 Å². The van der Waals surface area contributed by atoms with E-state index in [9.17, 15) is 24.0 Å².